The first-order valence-corrected chi connectivity index (χ1v) is 4.76. The Morgan fingerprint density at radius 3 is 3.27 bits per heavy atom. The quantitative estimate of drug-likeness (QED) is 0.585. The van der Waals surface area contributed by atoms with Crippen LogP contribution in [0.3, 0.4) is 0 Å². The molecule has 2 rings (SSSR count). The van der Waals surface area contributed by atoms with Gasteiger partial charge in [0, 0.05) is 22.0 Å². The van der Waals surface area contributed by atoms with Crippen molar-refractivity contribution in [3.8, 4) is 0 Å². The zero-order valence-corrected chi connectivity index (χ0v) is 7.61. The number of thioether (sulfide) groups is 1. The van der Waals surface area contributed by atoms with Gasteiger partial charge in [-0.15, -0.1) is 11.8 Å². The highest BCUT2D eigenvalue weighted by Crippen LogP contribution is 2.36. The minimum atomic E-state index is 0.744. The van der Waals surface area contributed by atoms with E-state index in [1.54, 1.807) is 0 Å². The molecular formula is C9H11NS. The topological polar surface area (TPSA) is 12.9 Å². The lowest BCUT2D eigenvalue weighted by Gasteiger charge is -1.96. The lowest BCUT2D eigenvalue weighted by Crippen LogP contribution is -1.91. The summed E-state index contributed by atoms with van der Waals surface area (Å²) in [6, 6.07) is 2.18. The van der Waals surface area contributed by atoms with Gasteiger partial charge in [0.25, 0.3) is 0 Å². The third-order valence-electron chi connectivity index (χ3n) is 1.92. The average Bonchev–Trinajstić information content (AvgIpc) is 2.27. The summed E-state index contributed by atoms with van der Waals surface area (Å²) < 4.78 is 0. The molecule has 1 atom stereocenters. The molecule has 1 unspecified atom stereocenters. The van der Waals surface area contributed by atoms with Crippen LogP contribution in [-0.2, 0) is 6.42 Å². The first-order chi connectivity index (χ1) is 5.25. The molecule has 0 saturated carbocycles. The van der Waals surface area contributed by atoms with Crippen molar-refractivity contribution < 1.29 is 0 Å². The second kappa shape index (κ2) is 2.52. The number of rotatable bonds is 0. The van der Waals surface area contributed by atoms with E-state index in [2.05, 4.69) is 18.0 Å². The predicted molar refractivity (Wildman–Crippen MR) is 48.0 cm³/mol. The maximum atomic E-state index is 4.27. The van der Waals surface area contributed by atoms with Crippen LogP contribution < -0.4 is 0 Å². The average molecular weight is 165 g/mol. The number of hydrogen-bond acceptors (Lipinski definition) is 2. The first-order valence-electron chi connectivity index (χ1n) is 3.88. The SMILES string of the molecule is Cc1cc2c(cn1)CC(C)S2. The van der Waals surface area contributed by atoms with Crippen LogP contribution in [0.4, 0.5) is 0 Å². The van der Waals surface area contributed by atoms with E-state index in [0.29, 0.717) is 0 Å². The van der Waals surface area contributed by atoms with Crippen molar-refractivity contribution in [3.63, 3.8) is 0 Å². The van der Waals surface area contributed by atoms with Gasteiger partial charge in [0.05, 0.1) is 0 Å². The molecule has 0 fully saturated rings. The Morgan fingerprint density at radius 2 is 2.45 bits per heavy atom. The Balaban J connectivity index is 2.43. The van der Waals surface area contributed by atoms with Crippen molar-refractivity contribution in [1.29, 1.82) is 0 Å². The van der Waals surface area contributed by atoms with Crippen molar-refractivity contribution in [2.75, 3.05) is 0 Å². The van der Waals surface area contributed by atoms with Crippen molar-refractivity contribution in [3.05, 3.63) is 23.5 Å². The molecule has 1 aliphatic heterocycles. The molecule has 0 radical (unpaired) electrons. The van der Waals surface area contributed by atoms with Crippen molar-refractivity contribution in [1.82, 2.24) is 4.98 Å². The summed E-state index contributed by atoms with van der Waals surface area (Å²) in [5.74, 6) is 0. The van der Waals surface area contributed by atoms with E-state index in [-0.39, 0.29) is 0 Å². The lowest BCUT2D eigenvalue weighted by atomic mass is 10.2. The summed E-state index contributed by atoms with van der Waals surface area (Å²) in [5.41, 5.74) is 2.55. The molecule has 0 spiro atoms. The molecule has 0 saturated heterocycles. The van der Waals surface area contributed by atoms with Gasteiger partial charge in [0.15, 0.2) is 0 Å². The fourth-order valence-corrected chi connectivity index (χ4v) is 2.62. The monoisotopic (exact) mass is 165 g/mol. The minimum absolute atomic E-state index is 0.744. The number of pyridine rings is 1. The normalized spacial score (nSPS) is 21.8. The largest absolute Gasteiger partial charge is 0.261 e. The molecule has 2 heteroatoms. The second-order valence-corrected chi connectivity index (χ2v) is 4.55. The third-order valence-corrected chi connectivity index (χ3v) is 3.12. The van der Waals surface area contributed by atoms with Crippen LogP contribution in [0.2, 0.25) is 0 Å². The minimum Gasteiger partial charge on any atom is -0.261 e. The molecule has 0 aliphatic carbocycles. The van der Waals surface area contributed by atoms with Crippen LogP contribution in [-0.4, -0.2) is 10.2 Å². The Hall–Kier alpha value is -0.500. The fourth-order valence-electron chi connectivity index (χ4n) is 1.39. The summed E-state index contributed by atoms with van der Waals surface area (Å²) in [6.07, 6.45) is 3.20. The van der Waals surface area contributed by atoms with Gasteiger partial charge in [0.1, 0.15) is 0 Å². The smallest absolute Gasteiger partial charge is 0.0384 e. The lowest BCUT2D eigenvalue weighted by molar-refractivity contribution is 0.943. The van der Waals surface area contributed by atoms with Crippen LogP contribution in [0, 0.1) is 6.92 Å². The highest BCUT2D eigenvalue weighted by molar-refractivity contribution is 8.00. The zero-order valence-electron chi connectivity index (χ0n) is 6.79. The molecule has 58 valence electrons. The van der Waals surface area contributed by atoms with E-state index in [1.165, 1.54) is 16.9 Å². The Kier molecular flexibility index (Phi) is 1.64. The number of fused-ring (bicyclic) bond motifs is 1. The Bertz CT molecular complexity index is 283. The molecule has 0 aromatic carbocycles. The van der Waals surface area contributed by atoms with Crippen molar-refractivity contribution in [2.24, 2.45) is 0 Å². The summed E-state index contributed by atoms with van der Waals surface area (Å²) >= 11 is 1.97. The van der Waals surface area contributed by atoms with Crippen LogP contribution in [0.15, 0.2) is 17.2 Å². The predicted octanol–water partition coefficient (Wildman–Crippen LogP) is 2.43. The molecule has 0 amide bonds. The van der Waals surface area contributed by atoms with Gasteiger partial charge in [-0.25, -0.2) is 0 Å². The first kappa shape index (κ1) is 7.17. The van der Waals surface area contributed by atoms with Crippen LogP contribution >= 0.6 is 11.8 Å². The Morgan fingerprint density at radius 1 is 1.64 bits per heavy atom. The Labute approximate surface area is 71.2 Å². The van der Waals surface area contributed by atoms with E-state index >= 15 is 0 Å². The molecule has 0 bridgehead atoms. The van der Waals surface area contributed by atoms with Crippen LogP contribution in [0.25, 0.3) is 0 Å². The van der Waals surface area contributed by atoms with E-state index in [0.717, 1.165) is 10.9 Å². The van der Waals surface area contributed by atoms with Crippen molar-refractivity contribution >= 4 is 11.8 Å². The van der Waals surface area contributed by atoms with Gasteiger partial charge in [0.2, 0.25) is 0 Å². The maximum absolute atomic E-state index is 4.27. The van der Waals surface area contributed by atoms with E-state index in [4.69, 9.17) is 0 Å². The van der Waals surface area contributed by atoms with Gasteiger partial charge in [-0.3, -0.25) is 4.98 Å². The summed E-state index contributed by atoms with van der Waals surface area (Å²) in [7, 11) is 0. The molecular weight excluding hydrogens is 154 g/mol. The zero-order chi connectivity index (χ0) is 7.84. The summed E-state index contributed by atoms with van der Waals surface area (Å²) in [6.45, 7) is 4.31. The molecule has 2 heterocycles. The summed E-state index contributed by atoms with van der Waals surface area (Å²) in [4.78, 5) is 5.71. The van der Waals surface area contributed by atoms with Gasteiger partial charge in [-0.1, -0.05) is 6.92 Å². The van der Waals surface area contributed by atoms with Gasteiger partial charge >= 0.3 is 0 Å². The molecule has 1 aromatic heterocycles. The molecule has 1 aromatic rings. The van der Waals surface area contributed by atoms with E-state index < -0.39 is 0 Å². The summed E-state index contributed by atoms with van der Waals surface area (Å²) in [5, 5.41) is 0.744. The number of nitrogens with zero attached hydrogens (tertiary/aromatic N) is 1. The van der Waals surface area contributed by atoms with Crippen molar-refractivity contribution in [2.45, 2.75) is 30.4 Å². The highest BCUT2D eigenvalue weighted by atomic mass is 32.2. The molecule has 0 N–H and O–H groups in total. The van der Waals surface area contributed by atoms with E-state index in [9.17, 15) is 0 Å². The molecule has 1 nitrogen and oxygen atoms in total. The van der Waals surface area contributed by atoms with Gasteiger partial charge in [-0.05, 0) is 25.0 Å². The fraction of sp³-hybridized carbons (Fsp3) is 0.444. The van der Waals surface area contributed by atoms with Gasteiger partial charge < -0.3 is 0 Å². The standard InChI is InChI=1S/C9H11NS/c1-6-3-9-8(5-10-6)4-7(2)11-9/h3,5,7H,4H2,1-2H3. The van der Waals surface area contributed by atoms with E-state index in [1.807, 2.05) is 24.9 Å². The second-order valence-electron chi connectivity index (χ2n) is 3.07. The highest BCUT2D eigenvalue weighted by Gasteiger charge is 2.18. The van der Waals surface area contributed by atoms with Crippen LogP contribution in [0.1, 0.15) is 18.2 Å². The molecule has 1 aliphatic rings. The number of aryl methyl sites for hydroxylation is 1. The number of hydrogen-bond donors (Lipinski definition) is 0. The molecule has 11 heavy (non-hydrogen) atoms. The maximum Gasteiger partial charge on any atom is 0.0384 e. The number of aromatic nitrogens is 1. The van der Waals surface area contributed by atoms with Crippen LogP contribution in [0.5, 0.6) is 0 Å². The third kappa shape index (κ3) is 1.27. The van der Waals surface area contributed by atoms with Gasteiger partial charge in [-0.2, -0.15) is 0 Å².